The number of carbonyl (C=O) groups is 1. The van der Waals surface area contributed by atoms with E-state index in [0.29, 0.717) is 30.0 Å². The van der Waals surface area contributed by atoms with E-state index in [0.717, 1.165) is 53.4 Å². The molecule has 4 aromatic rings. The first-order chi connectivity index (χ1) is 14.1. The van der Waals surface area contributed by atoms with Crippen molar-refractivity contribution in [2.24, 2.45) is 5.73 Å². The number of hydrogen-bond acceptors (Lipinski definition) is 5. The van der Waals surface area contributed by atoms with E-state index in [1.807, 2.05) is 12.1 Å². The van der Waals surface area contributed by atoms with Crippen LogP contribution in [0.3, 0.4) is 0 Å². The van der Waals surface area contributed by atoms with Crippen LogP contribution in [0.5, 0.6) is 0 Å². The van der Waals surface area contributed by atoms with E-state index >= 15 is 0 Å². The average molecular weight is 387 g/mol. The van der Waals surface area contributed by atoms with E-state index in [1.165, 1.54) is 5.56 Å². The Labute approximate surface area is 169 Å². The molecule has 0 radical (unpaired) electrons. The minimum atomic E-state index is 0.394. The molecule has 0 aliphatic rings. The second-order valence-electron chi connectivity index (χ2n) is 7.33. The number of anilines is 1. The topological polar surface area (TPSA) is 99.8 Å². The van der Waals surface area contributed by atoms with Crippen LogP contribution in [-0.2, 0) is 19.5 Å². The van der Waals surface area contributed by atoms with Crippen molar-refractivity contribution in [1.82, 2.24) is 14.5 Å². The maximum atomic E-state index is 11.2. The van der Waals surface area contributed by atoms with Gasteiger partial charge in [-0.1, -0.05) is 43.7 Å². The predicted molar refractivity (Wildman–Crippen MR) is 117 cm³/mol. The zero-order chi connectivity index (χ0) is 20.4. The third-order valence-corrected chi connectivity index (χ3v) is 5.30. The van der Waals surface area contributed by atoms with Crippen LogP contribution in [0.1, 0.15) is 47.1 Å². The van der Waals surface area contributed by atoms with Gasteiger partial charge in [-0.05, 0) is 29.7 Å². The third-order valence-electron chi connectivity index (χ3n) is 5.30. The number of hydrogen-bond donors (Lipinski definition) is 2. The predicted octanol–water partition coefficient (Wildman–Crippen LogP) is 3.83. The molecule has 6 nitrogen and oxygen atoms in total. The fourth-order valence-electron chi connectivity index (χ4n) is 3.71. The van der Waals surface area contributed by atoms with Gasteiger partial charge in [0.15, 0.2) is 5.82 Å². The first-order valence-electron chi connectivity index (χ1n) is 9.96. The van der Waals surface area contributed by atoms with Crippen LogP contribution in [0.25, 0.3) is 21.9 Å². The average Bonchev–Trinajstić information content (AvgIpc) is 3.11. The molecule has 0 fully saturated rings. The lowest BCUT2D eigenvalue weighted by Crippen LogP contribution is -2.06. The molecular formula is C23H25N5O. The Balaban J connectivity index is 1.93. The van der Waals surface area contributed by atoms with Crippen LogP contribution in [-0.4, -0.2) is 20.8 Å². The van der Waals surface area contributed by atoms with Crippen LogP contribution in [0.4, 0.5) is 5.82 Å². The van der Waals surface area contributed by atoms with Crippen molar-refractivity contribution in [3.63, 3.8) is 0 Å². The summed E-state index contributed by atoms with van der Waals surface area (Å²) in [5.74, 6) is 1.40. The number of pyridine rings is 1. The van der Waals surface area contributed by atoms with Crippen LogP contribution < -0.4 is 11.5 Å². The maximum Gasteiger partial charge on any atom is 0.152 e. The molecule has 2 aromatic heterocycles. The molecule has 6 heteroatoms. The Morgan fingerprint density at radius 2 is 1.83 bits per heavy atom. The van der Waals surface area contributed by atoms with Gasteiger partial charge in [0.2, 0.25) is 0 Å². The number of aryl methyl sites for hydroxylation is 1. The minimum Gasteiger partial charge on any atom is -0.382 e. The first kappa shape index (κ1) is 19.1. The summed E-state index contributed by atoms with van der Waals surface area (Å²) in [4.78, 5) is 20.6. The molecule has 2 heterocycles. The summed E-state index contributed by atoms with van der Waals surface area (Å²) in [6, 6.07) is 13.9. The van der Waals surface area contributed by atoms with Crippen molar-refractivity contribution in [2.45, 2.75) is 39.3 Å². The van der Waals surface area contributed by atoms with E-state index in [4.69, 9.17) is 16.5 Å². The Kier molecular flexibility index (Phi) is 5.27. The zero-order valence-electron chi connectivity index (χ0n) is 16.6. The van der Waals surface area contributed by atoms with Gasteiger partial charge >= 0.3 is 0 Å². The number of fused-ring (bicyclic) bond motifs is 3. The summed E-state index contributed by atoms with van der Waals surface area (Å²) in [7, 11) is 0. The molecular weight excluding hydrogens is 362 g/mol. The SMILES string of the molecule is CCCCc1nc2c(N)nc3cc(C=O)ccc3c2n1Cc1ccc(CN)cc1. The molecule has 0 saturated heterocycles. The highest BCUT2D eigenvalue weighted by Crippen LogP contribution is 2.30. The molecule has 0 aliphatic heterocycles. The number of nitrogen functional groups attached to an aromatic ring is 1. The number of aldehydes is 1. The van der Waals surface area contributed by atoms with Gasteiger partial charge in [0, 0.05) is 30.5 Å². The fraction of sp³-hybridized carbons (Fsp3) is 0.261. The Morgan fingerprint density at radius 3 is 2.52 bits per heavy atom. The number of carbonyl (C=O) groups excluding carboxylic acids is 1. The number of unbranched alkanes of at least 4 members (excludes halogenated alkanes) is 1. The van der Waals surface area contributed by atoms with Crippen LogP contribution in [0.15, 0.2) is 42.5 Å². The molecule has 148 valence electrons. The zero-order valence-corrected chi connectivity index (χ0v) is 16.6. The van der Waals surface area contributed by atoms with Crippen molar-refractivity contribution >= 4 is 34.0 Å². The lowest BCUT2D eigenvalue weighted by molar-refractivity contribution is 0.112. The Morgan fingerprint density at radius 1 is 1.07 bits per heavy atom. The second-order valence-corrected chi connectivity index (χ2v) is 7.33. The highest BCUT2D eigenvalue weighted by molar-refractivity contribution is 6.07. The highest BCUT2D eigenvalue weighted by atomic mass is 16.1. The van der Waals surface area contributed by atoms with E-state index in [1.54, 1.807) is 6.07 Å². The maximum absolute atomic E-state index is 11.2. The molecule has 0 unspecified atom stereocenters. The quantitative estimate of drug-likeness (QED) is 0.470. The molecule has 0 bridgehead atoms. The highest BCUT2D eigenvalue weighted by Gasteiger charge is 2.17. The molecule has 0 spiro atoms. The number of nitrogens with zero attached hydrogens (tertiary/aromatic N) is 3. The van der Waals surface area contributed by atoms with E-state index in [-0.39, 0.29) is 0 Å². The van der Waals surface area contributed by atoms with Crippen molar-refractivity contribution in [2.75, 3.05) is 5.73 Å². The van der Waals surface area contributed by atoms with Crippen LogP contribution in [0, 0.1) is 0 Å². The summed E-state index contributed by atoms with van der Waals surface area (Å²) >= 11 is 0. The molecule has 0 saturated carbocycles. The molecule has 29 heavy (non-hydrogen) atoms. The number of nitrogens with two attached hydrogens (primary N) is 2. The van der Waals surface area contributed by atoms with Gasteiger partial charge in [-0.15, -0.1) is 0 Å². The molecule has 4 rings (SSSR count). The molecule has 0 aliphatic carbocycles. The van der Waals surface area contributed by atoms with Gasteiger partial charge in [0.1, 0.15) is 17.6 Å². The van der Waals surface area contributed by atoms with Crippen molar-refractivity contribution in [1.29, 1.82) is 0 Å². The largest absolute Gasteiger partial charge is 0.382 e. The van der Waals surface area contributed by atoms with Crippen molar-refractivity contribution in [3.05, 3.63) is 65.0 Å². The monoisotopic (exact) mass is 387 g/mol. The van der Waals surface area contributed by atoms with E-state index in [2.05, 4.69) is 40.7 Å². The first-order valence-corrected chi connectivity index (χ1v) is 9.96. The van der Waals surface area contributed by atoms with Gasteiger partial charge in [-0.2, -0.15) is 0 Å². The van der Waals surface area contributed by atoms with Gasteiger partial charge in [0.25, 0.3) is 0 Å². The number of benzene rings is 2. The van der Waals surface area contributed by atoms with Crippen molar-refractivity contribution in [3.8, 4) is 0 Å². The standard InChI is InChI=1S/C23H25N5O/c1-2-3-4-20-27-21-22(28(20)13-16-7-5-15(12-24)6-8-16)18-10-9-17(14-29)11-19(18)26-23(21)25/h5-11,14H,2-4,12-13,24H2,1H3,(H2,25,26). The molecule has 4 N–H and O–H groups in total. The number of aromatic nitrogens is 3. The summed E-state index contributed by atoms with van der Waals surface area (Å²) in [6.45, 7) is 3.39. The molecule has 0 atom stereocenters. The van der Waals surface area contributed by atoms with Crippen LogP contribution >= 0.6 is 0 Å². The van der Waals surface area contributed by atoms with Crippen molar-refractivity contribution < 1.29 is 4.79 Å². The van der Waals surface area contributed by atoms with E-state index in [9.17, 15) is 4.79 Å². The third kappa shape index (κ3) is 3.59. The summed E-state index contributed by atoms with van der Waals surface area (Å²) in [6.07, 6.45) is 3.84. The summed E-state index contributed by atoms with van der Waals surface area (Å²) < 4.78 is 2.24. The molecule has 0 amide bonds. The fourth-order valence-corrected chi connectivity index (χ4v) is 3.71. The lowest BCUT2D eigenvalue weighted by atomic mass is 10.1. The van der Waals surface area contributed by atoms with Gasteiger partial charge in [0.05, 0.1) is 11.0 Å². The second kappa shape index (κ2) is 8.01. The minimum absolute atomic E-state index is 0.394. The number of imidazole rings is 1. The van der Waals surface area contributed by atoms with Gasteiger partial charge in [-0.25, -0.2) is 9.97 Å². The summed E-state index contributed by atoms with van der Waals surface area (Å²) in [5, 5.41) is 0.952. The van der Waals surface area contributed by atoms with Crippen LogP contribution in [0.2, 0.25) is 0 Å². The van der Waals surface area contributed by atoms with Gasteiger partial charge < -0.3 is 16.0 Å². The lowest BCUT2D eigenvalue weighted by Gasteiger charge is -2.12. The summed E-state index contributed by atoms with van der Waals surface area (Å²) in [5.41, 5.74) is 17.3. The normalized spacial score (nSPS) is 11.4. The number of rotatable bonds is 7. The van der Waals surface area contributed by atoms with E-state index < -0.39 is 0 Å². The van der Waals surface area contributed by atoms with Gasteiger partial charge in [-0.3, -0.25) is 4.79 Å². The Bertz CT molecular complexity index is 1180. The molecule has 2 aromatic carbocycles. The Hall–Kier alpha value is -3.25. The smallest absolute Gasteiger partial charge is 0.152 e.